The fourth-order valence-corrected chi connectivity index (χ4v) is 5.86. The topological polar surface area (TPSA) is 121 Å². The lowest BCUT2D eigenvalue weighted by molar-refractivity contribution is 0.211. The van der Waals surface area contributed by atoms with Crippen molar-refractivity contribution >= 4 is 21.9 Å². The number of benzene rings is 2. The highest BCUT2D eigenvalue weighted by molar-refractivity contribution is 7.90. The van der Waals surface area contributed by atoms with Crippen LogP contribution in [0, 0.1) is 25.2 Å². The highest BCUT2D eigenvalue weighted by Crippen LogP contribution is 2.35. The molecule has 0 saturated carbocycles. The molecule has 0 amide bonds. The number of piperidine rings is 1. The molecule has 0 aliphatic carbocycles. The fourth-order valence-electron chi connectivity index (χ4n) is 5.23. The molecule has 0 atom stereocenters. The molecule has 10 heteroatoms. The van der Waals surface area contributed by atoms with Crippen molar-refractivity contribution in [1.29, 1.82) is 5.26 Å². The zero-order chi connectivity index (χ0) is 30.4. The predicted octanol–water partition coefficient (Wildman–Crippen LogP) is 5.96. The maximum absolute atomic E-state index is 11.7. The third kappa shape index (κ3) is 7.63. The lowest BCUT2D eigenvalue weighted by atomic mass is 10.0. The number of nitriles is 1. The van der Waals surface area contributed by atoms with Gasteiger partial charge in [0.05, 0.1) is 16.5 Å². The minimum atomic E-state index is -3.20. The normalized spacial score (nSPS) is 14.5. The number of hydrogen-bond donors (Lipinski definition) is 1. The van der Waals surface area contributed by atoms with Crippen LogP contribution >= 0.6 is 0 Å². The smallest absolute Gasteiger partial charge is 0.231 e. The molecule has 1 fully saturated rings. The van der Waals surface area contributed by atoms with Crippen LogP contribution in [0.5, 0.6) is 11.6 Å². The van der Waals surface area contributed by atoms with Gasteiger partial charge in [-0.05, 0) is 97.0 Å². The molecule has 2 aromatic heterocycles. The van der Waals surface area contributed by atoms with Gasteiger partial charge in [0.2, 0.25) is 11.8 Å². The van der Waals surface area contributed by atoms with Crippen molar-refractivity contribution in [2.45, 2.75) is 44.2 Å². The van der Waals surface area contributed by atoms with Crippen molar-refractivity contribution in [3.63, 3.8) is 0 Å². The summed E-state index contributed by atoms with van der Waals surface area (Å²) in [5.41, 5.74) is 5.56. The average Bonchev–Trinajstić information content (AvgIpc) is 2.99. The van der Waals surface area contributed by atoms with Gasteiger partial charge in [-0.15, -0.1) is 0 Å². The van der Waals surface area contributed by atoms with Crippen LogP contribution < -0.4 is 10.1 Å². The van der Waals surface area contributed by atoms with E-state index < -0.39 is 9.84 Å². The van der Waals surface area contributed by atoms with Crippen LogP contribution in [-0.4, -0.2) is 53.7 Å². The van der Waals surface area contributed by atoms with Crippen molar-refractivity contribution in [3.8, 4) is 28.8 Å². The van der Waals surface area contributed by atoms with E-state index in [0.29, 0.717) is 22.5 Å². The summed E-state index contributed by atoms with van der Waals surface area (Å²) in [6.07, 6.45) is 11.5. The van der Waals surface area contributed by atoms with E-state index in [-0.39, 0.29) is 6.04 Å². The second-order valence-electron chi connectivity index (χ2n) is 10.8. The van der Waals surface area contributed by atoms with Gasteiger partial charge in [-0.2, -0.15) is 10.2 Å². The van der Waals surface area contributed by atoms with E-state index in [0.717, 1.165) is 65.9 Å². The summed E-state index contributed by atoms with van der Waals surface area (Å²) in [4.78, 5) is 16.3. The highest BCUT2D eigenvalue weighted by Gasteiger charge is 2.22. The lowest BCUT2D eigenvalue weighted by Crippen LogP contribution is -2.39. The number of anilines is 1. The SMILES string of the molecule is Cc1cc(/C=C/C#N)cc(C)c1Oc1nc(NC2CCN(Cc3ccc(S(C)(=O)=O)cc3)CC2)ncc1-c1ccncc1. The Balaban J connectivity index is 1.30. The fraction of sp³-hybridized carbons (Fsp3) is 0.273. The molecule has 43 heavy (non-hydrogen) atoms. The molecule has 0 unspecified atom stereocenters. The lowest BCUT2D eigenvalue weighted by Gasteiger charge is -2.32. The van der Waals surface area contributed by atoms with Gasteiger partial charge in [0.25, 0.3) is 0 Å². The molecule has 4 aromatic rings. The molecular formula is C33H34N6O3S. The van der Waals surface area contributed by atoms with Crippen molar-refractivity contribution in [2.24, 2.45) is 0 Å². The van der Waals surface area contributed by atoms with E-state index in [1.54, 1.807) is 36.8 Å². The minimum absolute atomic E-state index is 0.207. The van der Waals surface area contributed by atoms with Gasteiger partial charge in [0.1, 0.15) is 5.75 Å². The molecule has 0 bridgehead atoms. The molecule has 1 N–H and O–H groups in total. The third-order valence-electron chi connectivity index (χ3n) is 7.46. The first-order valence-electron chi connectivity index (χ1n) is 14.1. The van der Waals surface area contributed by atoms with Crippen LogP contribution in [0.3, 0.4) is 0 Å². The van der Waals surface area contributed by atoms with Crippen molar-refractivity contribution in [3.05, 3.63) is 95.5 Å². The molecule has 1 aliphatic rings. The van der Waals surface area contributed by atoms with E-state index in [9.17, 15) is 8.42 Å². The third-order valence-corrected chi connectivity index (χ3v) is 8.58. The summed E-state index contributed by atoms with van der Waals surface area (Å²) in [7, 11) is -3.20. The van der Waals surface area contributed by atoms with Gasteiger partial charge in [-0.1, -0.05) is 12.1 Å². The number of likely N-dealkylation sites (tertiary alicyclic amines) is 1. The first-order chi connectivity index (χ1) is 20.7. The van der Waals surface area contributed by atoms with Crippen LogP contribution in [0.25, 0.3) is 17.2 Å². The van der Waals surface area contributed by atoms with E-state index in [2.05, 4.69) is 20.2 Å². The molecule has 1 aliphatic heterocycles. The molecule has 2 aromatic carbocycles. The molecule has 5 rings (SSSR count). The average molecular weight is 595 g/mol. The first kappa shape index (κ1) is 29.9. The van der Waals surface area contributed by atoms with Crippen LogP contribution in [0.4, 0.5) is 5.95 Å². The Labute approximate surface area is 252 Å². The van der Waals surface area contributed by atoms with Crippen LogP contribution in [-0.2, 0) is 16.4 Å². The molecule has 220 valence electrons. The van der Waals surface area contributed by atoms with Crippen LogP contribution in [0.15, 0.2) is 78.1 Å². The van der Waals surface area contributed by atoms with Crippen LogP contribution in [0.1, 0.15) is 35.1 Å². The van der Waals surface area contributed by atoms with Gasteiger partial charge in [-0.25, -0.2) is 13.4 Å². The summed E-state index contributed by atoms with van der Waals surface area (Å²) in [6.45, 7) is 6.53. The predicted molar refractivity (Wildman–Crippen MR) is 167 cm³/mol. The first-order valence-corrected chi connectivity index (χ1v) is 16.0. The number of allylic oxidation sites excluding steroid dienone is 1. The number of hydrogen-bond acceptors (Lipinski definition) is 9. The summed E-state index contributed by atoms with van der Waals surface area (Å²) in [5, 5.41) is 12.4. The molecule has 0 spiro atoms. The van der Waals surface area contributed by atoms with Gasteiger partial charge in [-0.3, -0.25) is 9.88 Å². The number of sulfone groups is 1. The molecule has 0 radical (unpaired) electrons. The zero-order valence-electron chi connectivity index (χ0n) is 24.5. The van der Waals surface area contributed by atoms with Crippen molar-refractivity contribution in [1.82, 2.24) is 19.9 Å². The molecule has 3 heterocycles. The standard InChI is InChI=1S/C33H34N6O3S/c1-23-19-26(5-4-14-34)20-24(2)31(23)42-32-30(27-10-15-35-16-11-27)21-36-33(38-32)37-28-12-17-39(18-13-28)22-25-6-8-29(9-7-25)43(3,40)41/h4-11,15-16,19-21,28H,12-13,17-18,22H2,1-3H3,(H,36,37,38)/b5-4+. The Morgan fingerprint density at radius 2 is 1.74 bits per heavy atom. The quantitative estimate of drug-likeness (QED) is 0.234. The van der Waals surface area contributed by atoms with Crippen molar-refractivity contribution in [2.75, 3.05) is 24.7 Å². The Kier molecular flexibility index (Phi) is 9.14. The maximum Gasteiger partial charge on any atom is 0.231 e. The maximum atomic E-state index is 11.7. The molecule has 9 nitrogen and oxygen atoms in total. The molecular weight excluding hydrogens is 560 g/mol. The second kappa shape index (κ2) is 13.2. The zero-order valence-corrected chi connectivity index (χ0v) is 25.3. The van der Waals surface area contributed by atoms with E-state index in [4.69, 9.17) is 15.0 Å². The van der Waals surface area contributed by atoms with Gasteiger partial charge in [0, 0.05) is 56.6 Å². The van der Waals surface area contributed by atoms with E-state index in [1.165, 1.54) is 12.3 Å². The Morgan fingerprint density at radius 3 is 2.37 bits per heavy atom. The van der Waals surface area contributed by atoms with Gasteiger partial charge in [0.15, 0.2) is 9.84 Å². The van der Waals surface area contributed by atoms with E-state index in [1.807, 2.05) is 56.3 Å². The van der Waals surface area contributed by atoms with E-state index >= 15 is 0 Å². The van der Waals surface area contributed by atoms with Crippen molar-refractivity contribution < 1.29 is 13.2 Å². The van der Waals surface area contributed by atoms with Crippen LogP contribution in [0.2, 0.25) is 0 Å². The molecule has 1 saturated heterocycles. The summed E-state index contributed by atoms with van der Waals surface area (Å²) in [6, 6.07) is 17.1. The number of ether oxygens (including phenoxy) is 1. The highest BCUT2D eigenvalue weighted by atomic mass is 32.2. The summed E-state index contributed by atoms with van der Waals surface area (Å²) < 4.78 is 30.0. The number of aryl methyl sites for hydroxylation is 2. The number of aromatic nitrogens is 3. The summed E-state index contributed by atoms with van der Waals surface area (Å²) >= 11 is 0. The monoisotopic (exact) mass is 594 g/mol. The number of nitrogens with zero attached hydrogens (tertiary/aromatic N) is 5. The van der Waals surface area contributed by atoms with Gasteiger partial charge < -0.3 is 10.1 Å². The minimum Gasteiger partial charge on any atom is -0.438 e. The largest absolute Gasteiger partial charge is 0.438 e. The Morgan fingerprint density at radius 1 is 1.07 bits per heavy atom. The number of rotatable bonds is 9. The Hall–Kier alpha value is -4.59. The summed E-state index contributed by atoms with van der Waals surface area (Å²) in [5.74, 6) is 1.67. The second-order valence-corrected chi connectivity index (χ2v) is 12.8. The Bertz CT molecular complexity index is 1740. The number of nitrogens with one attached hydrogen (secondary N) is 1. The number of pyridine rings is 1. The van der Waals surface area contributed by atoms with Gasteiger partial charge >= 0.3 is 0 Å².